The lowest BCUT2D eigenvalue weighted by Crippen LogP contribution is -2.52. The molecule has 0 aromatic carbocycles. The second-order valence-corrected chi connectivity index (χ2v) is 4.83. The molecule has 0 radical (unpaired) electrons. The molecule has 2 fully saturated rings. The number of hydrogen-bond acceptors (Lipinski definition) is 3. The van der Waals surface area contributed by atoms with Gasteiger partial charge in [-0.2, -0.15) is 13.2 Å². The number of nitrogens with zero attached hydrogens (tertiary/aromatic N) is 1. The number of ether oxygens (including phenoxy) is 1. The van der Waals surface area contributed by atoms with E-state index in [4.69, 9.17) is 4.74 Å². The fourth-order valence-corrected chi connectivity index (χ4v) is 2.55. The summed E-state index contributed by atoms with van der Waals surface area (Å²) >= 11 is 0. The highest BCUT2D eigenvalue weighted by molar-refractivity contribution is 4.81. The van der Waals surface area contributed by atoms with Crippen molar-refractivity contribution in [2.45, 2.75) is 37.9 Å². The molecular weight excluding hydrogens is 233 g/mol. The van der Waals surface area contributed by atoms with Gasteiger partial charge in [0.05, 0.1) is 19.1 Å². The molecule has 0 bridgehead atoms. The molecule has 100 valence electrons. The van der Waals surface area contributed by atoms with Gasteiger partial charge in [0.25, 0.3) is 0 Å². The zero-order chi connectivity index (χ0) is 12.3. The first kappa shape index (κ1) is 13.1. The summed E-state index contributed by atoms with van der Waals surface area (Å²) in [5.74, 6) is -1.13. The van der Waals surface area contributed by atoms with Crippen LogP contribution in [0.1, 0.15) is 25.7 Å². The summed E-state index contributed by atoms with van der Waals surface area (Å²) in [7, 11) is 0. The minimum atomic E-state index is -4.04. The Morgan fingerprint density at radius 3 is 2.47 bits per heavy atom. The van der Waals surface area contributed by atoms with Crippen molar-refractivity contribution in [1.29, 1.82) is 0 Å². The molecule has 1 aliphatic carbocycles. The van der Waals surface area contributed by atoms with Crippen molar-refractivity contribution >= 4 is 0 Å². The van der Waals surface area contributed by atoms with E-state index in [0.29, 0.717) is 19.6 Å². The minimum Gasteiger partial charge on any atom is -0.379 e. The SMILES string of the molecule is FC(F)(F)C1CCCC(NN2CCOCC2)C1. The van der Waals surface area contributed by atoms with E-state index in [2.05, 4.69) is 5.43 Å². The number of hydrogen-bond donors (Lipinski definition) is 1. The summed E-state index contributed by atoms with van der Waals surface area (Å²) in [6.45, 7) is 2.82. The first-order valence-corrected chi connectivity index (χ1v) is 6.21. The highest BCUT2D eigenvalue weighted by atomic mass is 19.4. The normalized spacial score (nSPS) is 32.6. The van der Waals surface area contributed by atoms with Crippen molar-refractivity contribution in [3.05, 3.63) is 0 Å². The number of hydrazine groups is 1. The van der Waals surface area contributed by atoms with Gasteiger partial charge < -0.3 is 4.74 Å². The Morgan fingerprint density at radius 1 is 1.12 bits per heavy atom. The Labute approximate surface area is 99.3 Å². The van der Waals surface area contributed by atoms with Crippen LogP contribution < -0.4 is 5.43 Å². The van der Waals surface area contributed by atoms with Crippen LogP contribution in [-0.2, 0) is 4.74 Å². The molecule has 0 spiro atoms. The summed E-state index contributed by atoms with van der Waals surface area (Å²) in [5, 5.41) is 1.99. The van der Waals surface area contributed by atoms with Crippen LogP contribution in [0.25, 0.3) is 0 Å². The zero-order valence-electron chi connectivity index (χ0n) is 9.80. The second-order valence-electron chi connectivity index (χ2n) is 4.83. The monoisotopic (exact) mass is 252 g/mol. The third-order valence-corrected chi connectivity index (χ3v) is 3.51. The maximum Gasteiger partial charge on any atom is 0.391 e. The number of alkyl halides is 3. The van der Waals surface area contributed by atoms with Crippen molar-refractivity contribution in [3.63, 3.8) is 0 Å². The summed E-state index contributed by atoms with van der Waals surface area (Å²) in [4.78, 5) is 0. The van der Waals surface area contributed by atoms with E-state index in [9.17, 15) is 13.2 Å². The van der Waals surface area contributed by atoms with E-state index < -0.39 is 12.1 Å². The van der Waals surface area contributed by atoms with E-state index >= 15 is 0 Å². The van der Waals surface area contributed by atoms with E-state index in [0.717, 1.165) is 19.5 Å². The molecule has 0 amide bonds. The highest BCUT2D eigenvalue weighted by Crippen LogP contribution is 2.37. The predicted molar refractivity (Wildman–Crippen MR) is 57.3 cm³/mol. The van der Waals surface area contributed by atoms with Crippen molar-refractivity contribution in [3.8, 4) is 0 Å². The third kappa shape index (κ3) is 3.82. The standard InChI is InChI=1S/C11H19F3N2O/c12-11(13,14)9-2-1-3-10(8-9)15-16-4-6-17-7-5-16/h9-10,15H,1-8H2. The third-order valence-electron chi connectivity index (χ3n) is 3.51. The molecule has 2 aliphatic rings. The summed E-state index contributed by atoms with van der Waals surface area (Å²) in [6, 6.07) is -0.0338. The van der Waals surface area contributed by atoms with Crippen LogP contribution in [0.2, 0.25) is 0 Å². The fraction of sp³-hybridized carbons (Fsp3) is 1.00. The number of halogens is 3. The van der Waals surface area contributed by atoms with E-state index in [1.165, 1.54) is 0 Å². The van der Waals surface area contributed by atoms with Crippen LogP contribution >= 0.6 is 0 Å². The Kier molecular flexibility index (Phi) is 4.27. The number of nitrogens with one attached hydrogen (secondary N) is 1. The van der Waals surface area contributed by atoms with Crippen LogP contribution in [0.5, 0.6) is 0 Å². The molecule has 2 rings (SSSR count). The smallest absolute Gasteiger partial charge is 0.379 e. The van der Waals surface area contributed by atoms with Crippen LogP contribution in [0, 0.1) is 5.92 Å². The lowest BCUT2D eigenvalue weighted by molar-refractivity contribution is -0.185. The lowest BCUT2D eigenvalue weighted by Gasteiger charge is -2.36. The molecule has 1 N–H and O–H groups in total. The van der Waals surface area contributed by atoms with E-state index in [1.807, 2.05) is 5.01 Å². The Hall–Kier alpha value is -0.330. The molecule has 1 heterocycles. The molecule has 3 nitrogen and oxygen atoms in total. The van der Waals surface area contributed by atoms with Gasteiger partial charge in [-0.25, -0.2) is 5.01 Å². The van der Waals surface area contributed by atoms with Gasteiger partial charge in [-0.1, -0.05) is 6.42 Å². The summed E-state index contributed by atoms with van der Waals surface area (Å²) < 4.78 is 43.1. The van der Waals surface area contributed by atoms with Crippen LogP contribution in [0.3, 0.4) is 0 Å². The van der Waals surface area contributed by atoms with Gasteiger partial charge >= 0.3 is 6.18 Å². The molecule has 1 saturated heterocycles. The second kappa shape index (κ2) is 5.54. The van der Waals surface area contributed by atoms with Crippen LogP contribution in [-0.4, -0.2) is 43.5 Å². The Balaban J connectivity index is 1.80. The molecule has 17 heavy (non-hydrogen) atoms. The van der Waals surface area contributed by atoms with E-state index in [-0.39, 0.29) is 18.9 Å². The van der Waals surface area contributed by atoms with Gasteiger partial charge in [0, 0.05) is 19.1 Å². The summed E-state index contributed by atoms with van der Waals surface area (Å²) in [6.07, 6.45) is -2.05. The predicted octanol–water partition coefficient (Wildman–Crippen LogP) is 1.94. The van der Waals surface area contributed by atoms with Crippen molar-refractivity contribution < 1.29 is 17.9 Å². The largest absolute Gasteiger partial charge is 0.391 e. The molecule has 2 atom stereocenters. The van der Waals surface area contributed by atoms with Crippen molar-refractivity contribution in [2.75, 3.05) is 26.3 Å². The molecular formula is C11H19F3N2O. The average Bonchev–Trinajstić information content (AvgIpc) is 2.29. The first-order chi connectivity index (χ1) is 8.05. The maximum absolute atomic E-state index is 12.6. The first-order valence-electron chi connectivity index (χ1n) is 6.21. The quantitative estimate of drug-likeness (QED) is 0.813. The van der Waals surface area contributed by atoms with Gasteiger partial charge in [0.1, 0.15) is 0 Å². The van der Waals surface area contributed by atoms with Gasteiger partial charge in [-0.05, 0) is 19.3 Å². The van der Waals surface area contributed by atoms with Gasteiger partial charge in [-0.3, -0.25) is 5.43 Å². The van der Waals surface area contributed by atoms with Gasteiger partial charge in [0.15, 0.2) is 0 Å². The molecule has 0 aromatic heterocycles. The Morgan fingerprint density at radius 2 is 1.82 bits per heavy atom. The average molecular weight is 252 g/mol. The van der Waals surface area contributed by atoms with E-state index in [1.54, 1.807) is 0 Å². The molecule has 1 saturated carbocycles. The summed E-state index contributed by atoms with van der Waals surface area (Å²) in [5.41, 5.74) is 3.21. The number of rotatable bonds is 2. The van der Waals surface area contributed by atoms with Crippen LogP contribution in [0.15, 0.2) is 0 Å². The van der Waals surface area contributed by atoms with Crippen LogP contribution in [0.4, 0.5) is 13.2 Å². The zero-order valence-corrected chi connectivity index (χ0v) is 9.80. The Bertz CT molecular complexity index is 241. The van der Waals surface area contributed by atoms with Crippen molar-refractivity contribution in [1.82, 2.24) is 10.4 Å². The minimum absolute atomic E-state index is 0.0338. The van der Waals surface area contributed by atoms with Crippen molar-refractivity contribution in [2.24, 2.45) is 5.92 Å². The maximum atomic E-state index is 12.6. The fourth-order valence-electron chi connectivity index (χ4n) is 2.55. The molecule has 6 heteroatoms. The molecule has 0 aromatic rings. The van der Waals surface area contributed by atoms with Gasteiger partial charge in [-0.15, -0.1) is 0 Å². The molecule has 1 aliphatic heterocycles. The lowest BCUT2D eigenvalue weighted by atomic mass is 9.85. The molecule has 2 unspecified atom stereocenters. The highest BCUT2D eigenvalue weighted by Gasteiger charge is 2.42. The number of morpholine rings is 1. The van der Waals surface area contributed by atoms with Gasteiger partial charge in [0.2, 0.25) is 0 Å². The topological polar surface area (TPSA) is 24.5 Å².